The van der Waals surface area contributed by atoms with Crippen LogP contribution in [-0.4, -0.2) is 56.2 Å². The Morgan fingerprint density at radius 3 is 2.50 bits per heavy atom. The maximum Gasteiger partial charge on any atom is 0.219 e. The molecule has 0 aromatic heterocycles. The average Bonchev–Trinajstić information content (AvgIpc) is 2.74. The lowest BCUT2D eigenvalue weighted by atomic mass is 9.80. The molecule has 3 aliphatic rings. The highest BCUT2D eigenvalue weighted by molar-refractivity contribution is 7.90. The van der Waals surface area contributed by atoms with Gasteiger partial charge in [-0.3, -0.25) is 4.99 Å². The molecule has 136 valence electrons. The Bertz CT molecular complexity index is 672. The van der Waals surface area contributed by atoms with Gasteiger partial charge < -0.3 is 9.64 Å². The van der Waals surface area contributed by atoms with Gasteiger partial charge in [0.2, 0.25) is 10.0 Å². The highest BCUT2D eigenvalue weighted by Crippen LogP contribution is 2.41. The van der Waals surface area contributed by atoms with Crippen molar-refractivity contribution in [3.05, 3.63) is 11.3 Å². The second kappa shape index (κ2) is 6.11. The summed E-state index contributed by atoms with van der Waals surface area (Å²) < 4.78 is 32.8. The fourth-order valence-corrected chi connectivity index (χ4v) is 5.36. The number of nitrogens with zero attached hydrogens (tertiary/aromatic N) is 2. The third-order valence-electron chi connectivity index (χ3n) is 5.05. The van der Waals surface area contributed by atoms with Gasteiger partial charge in [0.25, 0.3) is 0 Å². The number of aliphatic imine (C=N–C) groups is 1. The van der Waals surface area contributed by atoms with Crippen LogP contribution in [0.3, 0.4) is 0 Å². The van der Waals surface area contributed by atoms with E-state index in [-0.39, 0.29) is 17.5 Å². The standard InChI is InChI=1S/C17H29N3O3S/c1-6-15-18-11(2)16(17(3,4)5)14-7-12(8-20(14)15)19-24(21,22)13-9-23-10-13/h11-13,19H,6-10H2,1-5H3/t11-,12-/m0/s1. The van der Waals surface area contributed by atoms with Crippen molar-refractivity contribution in [2.24, 2.45) is 10.4 Å². The Hall–Kier alpha value is -0.920. The summed E-state index contributed by atoms with van der Waals surface area (Å²) in [5.41, 5.74) is 2.61. The van der Waals surface area contributed by atoms with Crippen molar-refractivity contribution in [2.45, 2.75) is 64.8 Å². The zero-order chi connectivity index (χ0) is 17.7. The zero-order valence-electron chi connectivity index (χ0n) is 15.3. The third-order valence-corrected chi connectivity index (χ3v) is 6.86. The minimum absolute atomic E-state index is 0.0192. The number of sulfonamides is 1. The Balaban J connectivity index is 1.87. The molecule has 0 unspecified atom stereocenters. The van der Waals surface area contributed by atoms with Gasteiger partial charge in [-0.15, -0.1) is 0 Å². The minimum Gasteiger partial charge on any atom is -0.378 e. The van der Waals surface area contributed by atoms with Gasteiger partial charge in [0.1, 0.15) is 11.1 Å². The molecule has 3 aliphatic heterocycles. The Morgan fingerprint density at radius 2 is 2.00 bits per heavy atom. The first-order valence-corrected chi connectivity index (χ1v) is 10.3. The van der Waals surface area contributed by atoms with Crippen LogP contribution in [0.15, 0.2) is 16.3 Å². The molecule has 0 amide bonds. The summed E-state index contributed by atoms with van der Waals surface area (Å²) in [4.78, 5) is 7.11. The third kappa shape index (κ3) is 3.13. The Labute approximate surface area is 145 Å². The van der Waals surface area contributed by atoms with Crippen LogP contribution < -0.4 is 4.72 Å². The molecule has 3 heterocycles. The van der Waals surface area contributed by atoms with Crippen molar-refractivity contribution in [1.82, 2.24) is 9.62 Å². The summed E-state index contributed by atoms with van der Waals surface area (Å²) in [6.45, 7) is 12.2. The Kier molecular flexibility index (Phi) is 4.55. The molecule has 0 spiro atoms. The topological polar surface area (TPSA) is 71.0 Å². The van der Waals surface area contributed by atoms with Gasteiger partial charge in [0.05, 0.1) is 19.3 Å². The number of rotatable bonds is 4. The Morgan fingerprint density at radius 1 is 1.33 bits per heavy atom. The number of hydrogen-bond acceptors (Lipinski definition) is 5. The van der Waals surface area contributed by atoms with Gasteiger partial charge in [-0.05, 0) is 17.9 Å². The second-order valence-corrected chi connectivity index (χ2v) is 10.0. The molecule has 2 atom stereocenters. The lowest BCUT2D eigenvalue weighted by Crippen LogP contribution is -2.50. The largest absolute Gasteiger partial charge is 0.378 e. The molecule has 6 nitrogen and oxygen atoms in total. The van der Waals surface area contributed by atoms with Crippen LogP contribution in [0.25, 0.3) is 0 Å². The van der Waals surface area contributed by atoms with Crippen LogP contribution >= 0.6 is 0 Å². The first-order valence-electron chi connectivity index (χ1n) is 8.80. The SMILES string of the molecule is CCC1=N[C@@H](C)C(C(C)(C)C)=C2C[C@H](NS(=O)(=O)C3COC3)CN12. The molecule has 7 heteroatoms. The highest BCUT2D eigenvalue weighted by atomic mass is 32.2. The van der Waals surface area contributed by atoms with E-state index >= 15 is 0 Å². The lowest BCUT2D eigenvalue weighted by Gasteiger charge is -2.37. The fourth-order valence-electron chi connectivity index (χ4n) is 4.00. The molecule has 24 heavy (non-hydrogen) atoms. The van der Waals surface area contributed by atoms with E-state index in [2.05, 4.69) is 44.2 Å². The molecule has 0 radical (unpaired) electrons. The minimum atomic E-state index is -3.30. The molecular weight excluding hydrogens is 326 g/mol. The maximum atomic E-state index is 12.4. The van der Waals surface area contributed by atoms with E-state index < -0.39 is 15.3 Å². The van der Waals surface area contributed by atoms with E-state index in [0.29, 0.717) is 19.8 Å². The van der Waals surface area contributed by atoms with Crippen LogP contribution in [0, 0.1) is 5.41 Å². The molecule has 0 aromatic carbocycles. The van der Waals surface area contributed by atoms with Gasteiger partial charge in [-0.1, -0.05) is 27.7 Å². The van der Waals surface area contributed by atoms with Gasteiger partial charge in [-0.25, -0.2) is 13.1 Å². The quantitative estimate of drug-likeness (QED) is 0.836. The number of hydrogen-bond donors (Lipinski definition) is 1. The molecule has 0 aliphatic carbocycles. The van der Waals surface area contributed by atoms with Crippen molar-refractivity contribution < 1.29 is 13.2 Å². The van der Waals surface area contributed by atoms with E-state index in [0.717, 1.165) is 18.7 Å². The monoisotopic (exact) mass is 355 g/mol. The first kappa shape index (κ1) is 17.9. The maximum absolute atomic E-state index is 12.4. The number of ether oxygens (including phenoxy) is 1. The van der Waals surface area contributed by atoms with Crippen molar-refractivity contribution in [3.63, 3.8) is 0 Å². The van der Waals surface area contributed by atoms with Crippen molar-refractivity contribution in [1.29, 1.82) is 0 Å². The predicted octanol–water partition coefficient (Wildman–Crippen LogP) is 1.89. The molecule has 1 N–H and O–H groups in total. The van der Waals surface area contributed by atoms with E-state index in [1.54, 1.807) is 0 Å². The zero-order valence-corrected chi connectivity index (χ0v) is 16.1. The van der Waals surface area contributed by atoms with E-state index in [1.807, 2.05) is 0 Å². The summed E-state index contributed by atoms with van der Waals surface area (Å²) >= 11 is 0. The molecule has 2 fully saturated rings. The van der Waals surface area contributed by atoms with Crippen LogP contribution in [-0.2, 0) is 14.8 Å². The first-order chi connectivity index (χ1) is 11.1. The molecular formula is C17H29N3O3S. The van der Waals surface area contributed by atoms with Gasteiger partial charge in [0.15, 0.2) is 0 Å². The summed E-state index contributed by atoms with van der Waals surface area (Å²) in [5.74, 6) is 1.07. The van der Waals surface area contributed by atoms with Crippen LogP contribution in [0.4, 0.5) is 0 Å². The lowest BCUT2D eigenvalue weighted by molar-refractivity contribution is 0.0410. The average molecular weight is 356 g/mol. The van der Waals surface area contributed by atoms with Crippen LogP contribution in [0.2, 0.25) is 0 Å². The van der Waals surface area contributed by atoms with E-state index in [1.165, 1.54) is 11.3 Å². The van der Waals surface area contributed by atoms with Crippen molar-refractivity contribution in [2.75, 3.05) is 19.8 Å². The summed E-state index contributed by atoms with van der Waals surface area (Å²) in [7, 11) is -3.30. The number of nitrogens with one attached hydrogen (secondary N) is 1. The van der Waals surface area contributed by atoms with Crippen molar-refractivity contribution >= 4 is 15.9 Å². The normalized spacial score (nSPS) is 28.7. The van der Waals surface area contributed by atoms with Gasteiger partial charge in [0, 0.05) is 31.1 Å². The van der Waals surface area contributed by atoms with Crippen molar-refractivity contribution in [3.8, 4) is 0 Å². The fraction of sp³-hybridized carbons (Fsp3) is 0.824. The molecule has 3 rings (SSSR count). The number of fused-ring (bicyclic) bond motifs is 1. The van der Waals surface area contributed by atoms with E-state index in [9.17, 15) is 8.42 Å². The second-order valence-electron chi connectivity index (χ2n) is 8.02. The molecule has 0 aromatic rings. The van der Waals surface area contributed by atoms with Gasteiger partial charge in [-0.2, -0.15) is 0 Å². The summed E-state index contributed by atoms with van der Waals surface area (Å²) in [6.07, 6.45) is 1.60. The molecule has 0 bridgehead atoms. The van der Waals surface area contributed by atoms with E-state index in [4.69, 9.17) is 9.73 Å². The predicted molar refractivity (Wildman–Crippen MR) is 95.4 cm³/mol. The van der Waals surface area contributed by atoms with Crippen LogP contribution in [0.5, 0.6) is 0 Å². The molecule has 0 saturated carbocycles. The summed E-state index contributed by atoms with van der Waals surface area (Å²) in [5, 5.41) is -0.399. The summed E-state index contributed by atoms with van der Waals surface area (Å²) in [6, 6.07) is 0.0617. The number of amidine groups is 1. The van der Waals surface area contributed by atoms with Gasteiger partial charge >= 0.3 is 0 Å². The van der Waals surface area contributed by atoms with Crippen LogP contribution in [0.1, 0.15) is 47.5 Å². The molecule has 2 saturated heterocycles. The smallest absolute Gasteiger partial charge is 0.219 e. The highest BCUT2D eigenvalue weighted by Gasteiger charge is 2.42.